The summed E-state index contributed by atoms with van der Waals surface area (Å²) in [5.74, 6) is 1.33. The summed E-state index contributed by atoms with van der Waals surface area (Å²) in [5.41, 5.74) is 0. The third-order valence-electron chi connectivity index (χ3n) is 4.10. The second-order valence-corrected chi connectivity index (χ2v) is 5.78. The van der Waals surface area contributed by atoms with Crippen molar-refractivity contribution in [3.63, 3.8) is 0 Å². The van der Waals surface area contributed by atoms with Gasteiger partial charge in [-0.15, -0.1) is 0 Å². The van der Waals surface area contributed by atoms with Crippen LogP contribution in [0, 0.1) is 11.8 Å². The summed E-state index contributed by atoms with van der Waals surface area (Å²) in [6.45, 7) is 3.25. The van der Waals surface area contributed by atoms with Gasteiger partial charge in [-0.2, -0.15) is 13.2 Å². The third-order valence-corrected chi connectivity index (χ3v) is 4.10. The van der Waals surface area contributed by atoms with E-state index in [0.717, 1.165) is 25.9 Å². The zero-order valence-electron chi connectivity index (χ0n) is 12.5. The van der Waals surface area contributed by atoms with E-state index in [2.05, 4.69) is 12.2 Å². The molecular formula is C15H28F3NO. The Morgan fingerprint density at radius 1 is 1.10 bits per heavy atom. The zero-order valence-corrected chi connectivity index (χ0v) is 12.5. The highest BCUT2D eigenvalue weighted by molar-refractivity contribution is 4.75. The van der Waals surface area contributed by atoms with E-state index in [9.17, 15) is 13.2 Å². The minimum atomic E-state index is -4.20. The molecule has 1 aliphatic rings. The average Bonchev–Trinajstić information content (AvgIpc) is 2.60. The molecule has 0 bridgehead atoms. The van der Waals surface area contributed by atoms with Gasteiger partial charge in [0.1, 0.15) is 6.61 Å². The molecule has 0 aromatic heterocycles. The lowest BCUT2D eigenvalue weighted by molar-refractivity contribution is -0.174. The summed E-state index contributed by atoms with van der Waals surface area (Å²) in [6, 6.07) is 0. The quantitative estimate of drug-likeness (QED) is 0.536. The fraction of sp³-hybridized carbons (Fsp3) is 1.00. The monoisotopic (exact) mass is 295 g/mol. The molecule has 120 valence electrons. The first-order valence-electron chi connectivity index (χ1n) is 7.88. The minimum Gasteiger partial charge on any atom is -0.372 e. The molecule has 0 spiro atoms. The number of ether oxygens (including phenoxy) is 1. The van der Waals surface area contributed by atoms with Crippen LogP contribution in [0.15, 0.2) is 0 Å². The van der Waals surface area contributed by atoms with Crippen LogP contribution in [0.2, 0.25) is 0 Å². The largest absolute Gasteiger partial charge is 0.411 e. The van der Waals surface area contributed by atoms with E-state index in [4.69, 9.17) is 4.74 Å². The molecule has 1 rings (SSSR count). The van der Waals surface area contributed by atoms with Gasteiger partial charge in [-0.1, -0.05) is 32.6 Å². The van der Waals surface area contributed by atoms with Crippen LogP contribution >= 0.6 is 0 Å². The van der Waals surface area contributed by atoms with Crippen LogP contribution in [0.25, 0.3) is 0 Å². The van der Waals surface area contributed by atoms with Crippen LogP contribution in [0.3, 0.4) is 0 Å². The Bertz CT molecular complexity index is 246. The van der Waals surface area contributed by atoms with Gasteiger partial charge < -0.3 is 10.1 Å². The fourth-order valence-electron chi connectivity index (χ4n) is 3.08. The second-order valence-electron chi connectivity index (χ2n) is 5.78. The van der Waals surface area contributed by atoms with E-state index in [1.54, 1.807) is 0 Å². The maximum Gasteiger partial charge on any atom is 0.411 e. The molecule has 1 N–H and O–H groups in total. The van der Waals surface area contributed by atoms with Crippen LogP contribution < -0.4 is 5.32 Å². The van der Waals surface area contributed by atoms with E-state index >= 15 is 0 Å². The smallest absolute Gasteiger partial charge is 0.372 e. The molecule has 0 aromatic rings. The Kier molecular flexibility index (Phi) is 8.53. The first-order chi connectivity index (χ1) is 9.53. The molecule has 2 atom stereocenters. The lowest BCUT2D eigenvalue weighted by Crippen LogP contribution is -2.28. The Hall–Kier alpha value is -0.290. The van der Waals surface area contributed by atoms with Crippen LogP contribution in [0.5, 0.6) is 0 Å². The standard InChI is InChI=1S/C15H28F3NO/c1-2-19-11-14-8-5-3-4-7-13(14)9-6-10-20-12-15(16,17)18/h13-14,19H,2-12H2,1H3. The molecular weight excluding hydrogens is 267 g/mol. The zero-order chi connectivity index (χ0) is 14.8. The third kappa shape index (κ3) is 8.10. The minimum absolute atomic E-state index is 0.226. The molecule has 1 saturated carbocycles. The van der Waals surface area contributed by atoms with Crippen LogP contribution in [-0.2, 0) is 4.74 Å². The molecule has 2 unspecified atom stereocenters. The number of halogens is 3. The number of hydrogen-bond donors (Lipinski definition) is 1. The van der Waals surface area contributed by atoms with Crippen molar-refractivity contribution in [3.05, 3.63) is 0 Å². The summed E-state index contributed by atoms with van der Waals surface area (Å²) in [5, 5.41) is 3.42. The summed E-state index contributed by atoms with van der Waals surface area (Å²) >= 11 is 0. The van der Waals surface area contributed by atoms with Gasteiger partial charge in [0, 0.05) is 6.61 Å². The maximum absolute atomic E-state index is 12.0. The van der Waals surface area contributed by atoms with E-state index in [0.29, 0.717) is 11.8 Å². The average molecular weight is 295 g/mol. The number of hydrogen-bond acceptors (Lipinski definition) is 2. The number of alkyl halides is 3. The normalized spacial score (nSPS) is 24.6. The summed E-state index contributed by atoms with van der Waals surface area (Å²) in [4.78, 5) is 0. The van der Waals surface area contributed by atoms with Crippen molar-refractivity contribution in [1.82, 2.24) is 5.32 Å². The van der Waals surface area contributed by atoms with Gasteiger partial charge >= 0.3 is 6.18 Å². The first-order valence-corrected chi connectivity index (χ1v) is 7.88. The van der Waals surface area contributed by atoms with Crippen molar-refractivity contribution in [3.8, 4) is 0 Å². The summed E-state index contributed by atoms with van der Waals surface area (Å²) < 4.78 is 40.6. The fourth-order valence-corrected chi connectivity index (χ4v) is 3.08. The summed E-state index contributed by atoms with van der Waals surface area (Å²) in [7, 11) is 0. The molecule has 0 aromatic carbocycles. The molecule has 2 nitrogen and oxygen atoms in total. The van der Waals surface area contributed by atoms with Gasteiger partial charge in [0.05, 0.1) is 0 Å². The lowest BCUT2D eigenvalue weighted by Gasteiger charge is -2.25. The highest BCUT2D eigenvalue weighted by atomic mass is 19.4. The molecule has 0 amide bonds. The molecule has 0 saturated heterocycles. The van der Waals surface area contributed by atoms with Crippen molar-refractivity contribution in [2.45, 2.75) is 58.0 Å². The van der Waals surface area contributed by atoms with Crippen molar-refractivity contribution >= 4 is 0 Å². The van der Waals surface area contributed by atoms with E-state index in [1.807, 2.05) is 0 Å². The van der Waals surface area contributed by atoms with Gasteiger partial charge in [-0.3, -0.25) is 0 Å². The van der Waals surface area contributed by atoms with Crippen LogP contribution in [0.1, 0.15) is 51.9 Å². The van der Waals surface area contributed by atoms with Gasteiger partial charge in [-0.25, -0.2) is 0 Å². The molecule has 0 heterocycles. The Labute approximate surface area is 120 Å². The number of nitrogens with one attached hydrogen (secondary N) is 1. The van der Waals surface area contributed by atoms with Crippen molar-refractivity contribution < 1.29 is 17.9 Å². The Morgan fingerprint density at radius 3 is 2.45 bits per heavy atom. The number of rotatable bonds is 8. The second kappa shape index (κ2) is 9.61. The molecule has 1 aliphatic carbocycles. The van der Waals surface area contributed by atoms with Crippen molar-refractivity contribution in [2.75, 3.05) is 26.3 Å². The Balaban J connectivity index is 2.23. The lowest BCUT2D eigenvalue weighted by atomic mass is 9.84. The van der Waals surface area contributed by atoms with Gasteiger partial charge in [0.2, 0.25) is 0 Å². The highest BCUT2D eigenvalue weighted by Crippen LogP contribution is 2.31. The topological polar surface area (TPSA) is 21.3 Å². The highest BCUT2D eigenvalue weighted by Gasteiger charge is 2.27. The van der Waals surface area contributed by atoms with Crippen molar-refractivity contribution in [2.24, 2.45) is 11.8 Å². The Morgan fingerprint density at radius 2 is 1.80 bits per heavy atom. The van der Waals surface area contributed by atoms with Gasteiger partial charge in [0.15, 0.2) is 0 Å². The molecule has 0 radical (unpaired) electrons. The predicted molar refractivity (Wildman–Crippen MR) is 74.7 cm³/mol. The van der Waals surface area contributed by atoms with Crippen LogP contribution in [0.4, 0.5) is 13.2 Å². The molecule has 5 heteroatoms. The molecule has 20 heavy (non-hydrogen) atoms. The maximum atomic E-state index is 12.0. The van der Waals surface area contributed by atoms with E-state index < -0.39 is 12.8 Å². The SMILES string of the molecule is CCNCC1CCCCCC1CCCOCC(F)(F)F. The summed E-state index contributed by atoms with van der Waals surface area (Å²) in [6.07, 6.45) is 3.85. The van der Waals surface area contributed by atoms with E-state index in [-0.39, 0.29) is 6.61 Å². The predicted octanol–water partition coefficient (Wildman–Crippen LogP) is 4.15. The molecule has 0 aliphatic heterocycles. The van der Waals surface area contributed by atoms with Crippen LogP contribution in [-0.4, -0.2) is 32.5 Å². The van der Waals surface area contributed by atoms with Gasteiger partial charge in [0.25, 0.3) is 0 Å². The van der Waals surface area contributed by atoms with E-state index in [1.165, 1.54) is 32.1 Å². The van der Waals surface area contributed by atoms with Crippen molar-refractivity contribution in [1.29, 1.82) is 0 Å². The first kappa shape index (κ1) is 17.8. The van der Waals surface area contributed by atoms with Gasteiger partial charge in [-0.05, 0) is 44.2 Å². The molecule has 1 fully saturated rings.